The molecule has 5 N–H and O–H groups in total. The molecule has 0 bridgehead atoms. The molecule has 4 rings (SSSR count). The Hall–Kier alpha value is -3.76. The Morgan fingerprint density at radius 3 is 2.72 bits per heavy atom. The van der Waals surface area contributed by atoms with Gasteiger partial charge in [0.05, 0.1) is 11.4 Å². The zero-order valence-electron chi connectivity index (χ0n) is 22.2. The zero-order chi connectivity index (χ0) is 27.6. The molecule has 0 radical (unpaired) electrons. The molecule has 2 amide bonds. The van der Waals surface area contributed by atoms with E-state index >= 15 is 0 Å². The summed E-state index contributed by atoms with van der Waals surface area (Å²) in [6, 6.07) is 12.9. The molecular weight excluding hydrogens is 502 g/mol. The number of aliphatic hydroxyl groups is 1. The van der Waals surface area contributed by atoms with Crippen LogP contribution < -0.4 is 25.8 Å². The number of ether oxygens (including phenoxy) is 4. The third-order valence-corrected chi connectivity index (χ3v) is 6.77. The van der Waals surface area contributed by atoms with Gasteiger partial charge in [-0.15, -0.1) is 0 Å². The average Bonchev–Trinajstić information content (AvgIpc) is 3.41. The van der Waals surface area contributed by atoms with Crippen molar-refractivity contribution in [1.82, 2.24) is 5.32 Å². The number of amides is 2. The minimum Gasteiger partial charge on any atom is -0.459 e. The normalized spacial score (nSPS) is 19.6. The van der Waals surface area contributed by atoms with Gasteiger partial charge < -0.3 is 40.4 Å². The molecule has 0 fully saturated rings. The summed E-state index contributed by atoms with van der Waals surface area (Å²) in [6.45, 7) is 2.91. The van der Waals surface area contributed by atoms with E-state index in [0.29, 0.717) is 68.1 Å². The summed E-state index contributed by atoms with van der Waals surface area (Å²) in [4.78, 5) is 25.3. The second-order valence-electron chi connectivity index (χ2n) is 9.49. The van der Waals surface area contributed by atoms with Crippen molar-refractivity contribution in [2.24, 2.45) is 5.92 Å². The summed E-state index contributed by atoms with van der Waals surface area (Å²) >= 11 is 0. The smallest absolute Gasteiger partial charge is 0.286 e. The lowest BCUT2D eigenvalue weighted by Gasteiger charge is -2.37. The van der Waals surface area contributed by atoms with Gasteiger partial charge in [0.25, 0.3) is 5.91 Å². The van der Waals surface area contributed by atoms with Crippen molar-refractivity contribution in [2.75, 3.05) is 37.6 Å². The molecule has 10 nitrogen and oxygen atoms in total. The third-order valence-electron chi connectivity index (χ3n) is 6.77. The fourth-order valence-corrected chi connectivity index (χ4v) is 4.79. The summed E-state index contributed by atoms with van der Waals surface area (Å²) in [7, 11) is 0. The lowest BCUT2D eigenvalue weighted by molar-refractivity contribution is -0.166. The van der Waals surface area contributed by atoms with Gasteiger partial charge in [0, 0.05) is 38.0 Å². The van der Waals surface area contributed by atoms with Crippen molar-refractivity contribution in [3.8, 4) is 11.5 Å². The number of unbranched alkanes of at least 4 members (excludes halogenated alkanes) is 1. The Morgan fingerprint density at radius 1 is 1.10 bits per heavy atom. The van der Waals surface area contributed by atoms with Gasteiger partial charge in [-0.05, 0) is 68.5 Å². The SMILES string of the molecule is CCO[C@H]1OC(C(=O)NCCCCC(=O)Nc2ccccc2N)=C[C@@H](c2ccc3c(c2)OCO3)[C@H]1CCCO. The molecule has 2 aromatic carbocycles. The maximum atomic E-state index is 13.1. The van der Waals surface area contributed by atoms with Gasteiger partial charge in [-0.1, -0.05) is 18.2 Å². The number of allylic oxidation sites excluding steroid dienone is 1. The first-order chi connectivity index (χ1) is 19.0. The molecule has 10 heteroatoms. The fourth-order valence-electron chi connectivity index (χ4n) is 4.79. The Labute approximate surface area is 228 Å². The van der Waals surface area contributed by atoms with Crippen LogP contribution in [0.3, 0.4) is 0 Å². The highest BCUT2D eigenvalue weighted by Gasteiger charge is 2.38. The number of nitrogen functional groups attached to an aromatic ring is 1. The summed E-state index contributed by atoms with van der Waals surface area (Å²) < 4.78 is 23.0. The molecular formula is C29H37N3O7. The van der Waals surface area contributed by atoms with Crippen molar-refractivity contribution < 1.29 is 33.6 Å². The fraction of sp³-hybridized carbons (Fsp3) is 0.448. The third kappa shape index (κ3) is 7.42. The van der Waals surface area contributed by atoms with Crippen LogP contribution in [-0.4, -0.2) is 49.8 Å². The van der Waals surface area contributed by atoms with Gasteiger partial charge in [-0.25, -0.2) is 0 Å². The first kappa shape index (κ1) is 28.3. The molecule has 0 unspecified atom stereocenters. The van der Waals surface area contributed by atoms with Crippen LogP contribution in [0, 0.1) is 5.92 Å². The number of aliphatic hydroxyl groups excluding tert-OH is 1. The van der Waals surface area contributed by atoms with Crippen LogP contribution in [-0.2, 0) is 19.1 Å². The number of fused-ring (bicyclic) bond motifs is 1. The second-order valence-corrected chi connectivity index (χ2v) is 9.49. The molecule has 2 aliphatic rings. The number of nitrogens with one attached hydrogen (secondary N) is 2. The van der Waals surface area contributed by atoms with Crippen molar-refractivity contribution in [2.45, 2.75) is 51.2 Å². The van der Waals surface area contributed by atoms with Gasteiger partial charge in [0.1, 0.15) is 0 Å². The molecule has 0 aromatic heterocycles. The zero-order valence-corrected chi connectivity index (χ0v) is 22.2. The molecule has 2 heterocycles. The number of hydrogen-bond acceptors (Lipinski definition) is 8. The predicted molar refractivity (Wildman–Crippen MR) is 146 cm³/mol. The number of carbonyl (C=O) groups excluding carboxylic acids is 2. The van der Waals surface area contributed by atoms with Crippen molar-refractivity contribution in [3.05, 3.63) is 59.9 Å². The van der Waals surface area contributed by atoms with Crippen LogP contribution in [0.15, 0.2) is 54.3 Å². The van der Waals surface area contributed by atoms with Crippen LogP contribution >= 0.6 is 0 Å². The lowest BCUT2D eigenvalue weighted by atomic mass is 9.80. The topological polar surface area (TPSA) is 141 Å². The van der Waals surface area contributed by atoms with E-state index in [9.17, 15) is 14.7 Å². The second kappa shape index (κ2) is 13.9. The Kier molecular flexibility index (Phi) is 10.0. The maximum absolute atomic E-state index is 13.1. The van der Waals surface area contributed by atoms with Crippen LogP contribution in [0.2, 0.25) is 0 Å². The first-order valence-corrected chi connectivity index (χ1v) is 13.4. The monoisotopic (exact) mass is 539 g/mol. The number of nitrogens with two attached hydrogens (primary N) is 1. The summed E-state index contributed by atoms with van der Waals surface area (Å²) in [6.07, 6.45) is 3.95. The van der Waals surface area contributed by atoms with Crippen LogP contribution in [0.1, 0.15) is 50.5 Å². The maximum Gasteiger partial charge on any atom is 0.286 e. The standard InChI is InChI=1S/C29H37N3O7/c1-2-36-29-20(8-7-15-33)21(19-12-13-24-25(16-19)38-18-37-24)17-26(39-29)28(35)31-14-6-5-11-27(34)32-23-10-4-3-9-22(23)30/h3-4,9-10,12-13,16-17,20-21,29,33H,2,5-8,11,14-15,18,30H2,1H3,(H,31,35)(H,32,34)/t20-,21+,29+/m1/s1. The number of hydrogen-bond donors (Lipinski definition) is 4. The van der Waals surface area contributed by atoms with E-state index in [1.54, 1.807) is 12.1 Å². The first-order valence-electron chi connectivity index (χ1n) is 13.4. The van der Waals surface area contributed by atoms with E-state index < -0.39 is 6.29 Å². The van der Waals surface area contributed by atoms with Gasteiger partial charge in [-0.3, -0.25) is 9.59 Å². The highest BCUT2D eigenvalue weighted by molar-refractivity contribution is 5.93. The van der Waals surface area contributed by atoms with E-state index in [0.717, 1.165) is 5.56 Å². The predicted octanol–water partition coefficient (Wildman–Crippen LogP) is 3.67. The molecule has 0 spiro atoms. The number of carbonyl (C=O) groups is 2. The molecule has 39 heavy (non-hydrogen) atoms. The van der Waals surface area contributed by atoms with Gasteiger partial charge in [-0.2, -0.15) is 0 Å². The van der Waals surface area contributed by atoms with Crippen molar-refractivity contribution >= 4 is 23.2 Å². The van der Waals surface area contributed by atoms with Gasteiger partial charge in [0.2, 0.25) is 19.0 Å². The summed E-state index contributed by atoms with van der Waals surface area (Å²) in [5.41, 5.74) is 7.93. The number of benzene rings is 2. The van der Waals surface area contributed by atoms with E-state index in [1.165, 1.54) is 0 Å². The number of anilines is 2. The molecule has 0 aliphatic carbocycles. The van der Waals surface area contributed by atoms with Crippen LogP contribution in [0.5, 0.6) is 11.5 Å². The summed E-state index contributed by atoms with van der Waals surface area (Å²) in [5.74, 6) is 0.768. The highest BCUT2D eigenvalue weighted by atomic mass is 16.7. The molecule has 3 atom stereocenters. The van der Waals surface area contributed by atoms with Crippen molar-refractivity contribution in [1.29, 1.82) is 0 Å². The molecule has 0 saturated carbocycles. The van der Waals surface area contributed by atoms with E-state index in [1.807, 2.05) is 43.3 Å². The van der Waals surface area contributed by atoms with E-state index in [2.05, 4.69) is 10.6 Å². The quantitative estimate of drug-likeness (QED) is 0.223. The van der Waals surface area contributed by atoms with Gasteiger partial charge in [0.15, 0.2) is 17.3 Å². The summed E-state index contributed by atoms with van der Waals surface area (Å²) in [5, 5.41) is 15.2. The van der Waals surface area contributed by atoms with E-state index in [4.69, 9.17) is 24.7 Å². The minimum atomic E-state index is -0.642. The average molecular weight is 540 g/mol. The van der Waals surface area contributed by atoms with Gasteiger partial charge >= 0.3 is 0 Å². The van der Waals surface area contributed by atoms with E-state index in [-0.39, 0.29) is 42.8 Å². The molecule has 2 aliphatic heterocycles. The molecule has 210 valence electrons. The van der Waals surface area contributed by atoms with Crippen molar-refractivity contribution in [3.63, 3.8) is 0 Å². The van der Waals surface area contributed by atoms with Crippen LogP contribution in [0.4, 0.5) is 11.4 Å². The number of rotatable bonds is 13. The Morgan fingerprint density at radius 2 is 1.92 bits per heavy atom. The lowest BCUT2D eigenvalue weighted by Crippen LogP contribution is -2.39. The highest BCUT2D eigenvalue weighted by Crippen LogP contribution is 2.42. The largest absolute Gasteiger partial charge is 0.459 e. The Bertz CT molecular complexity index is 1170. The van der Waals surface area contributed by atoms with Crippen LogP contribution in [0.25, 0.3) is 0 Å². The molecule has 2 aromatic rings. The minimum absolute atomic E-state index is 0.0526. The molecule has 0 saturated heterocycles. The Balaban J connectivity index is 1.37. The number of para-hydroxylation sites is 2.